The number of piperazine rings is 1. The van der Waals surface area contributed by atoms with E-state index in [9.17, 15) is 9.59 Å². The third-order valence-corrected chi connectivity index (χ3v) is 9.53. The molecule has 256 valence electrons. The van der Waals surface area contributed by atoms with Crippen LogP contribution in [-0.2, 0) is 16.1 Å². The van der Waals surface area contributed by atoms with E-state index in [0.717, 1.165) is 45.4 Å². The monoisotopic (exact) mass is 645 g/mol. The van der Waals surface area contributed by atoms with Gasteiger partial charge in [-0.15, -0.1) is 12.4 Å². The van der Waals surface area contributed by atoms with Crippen molar-refractivity contribution in [2.24, 2.45) is 11.8 Å². The predicted octanol–water partition coefficient (Wildman–Crippen LogP) is 9.32. The van der Waals surface area contributed by atoms with Crippen molar-refractivity contribution in [3.05, 3.63) is 48.0 Å². The predicted molar refractivity (Wildman–Crippen MR) is 190 cm³/mol. The van der Waals surface area contributed by atoms with Gasteiger partial charge in [-0.25, -0.2) is 4.79 Å². The maximum absolute atomic E-state index is 13.0. The number of benzene rings is 1. The summed E-state index contributed by atoms with van der Waals surface area (Å²) in [6, 6.07) is 10.5. The summed E-state index contributed by atoms with van der Waals surface area (Å²) in [5, 5.41) is 3.18. The Kier molecular flexibility index (Phi) is 21.8. The first kappa shape index (κ1) is 39.1. The van der Waals surface area contributed by atoms with Crippen molar-refractivity contribution >= 4 is 24.4 Å². The smallest absolute Gasteiger partial charge is 0.409 e. The molecule has 1 aromatic carbocycles. The molecule has 2 amide bonds. The molecule has 2 aliphatic rings. The molecule has 2 unspecified atom stereocenters. The van der Waals surface area contributed by atoms with E-state index in [1.165, 1.54) is 102 Å². The number of hydrogen-bond acceptors (Lipinski definition) is 4. The molecule has 0 saturated carbocycles. The second-order valence-electron chi connectivity index (χ2n) is 13.2. The molecule has 1 saturated heterocycles. The number of allylic oxidation sites excluding steroid dienone is 2. The van der Waals surface area contributed by atoms with Gasteiger partial charge >= 0.3 is 6.09 Å². The Hall–Kier alpha value is -2.05. The average molecular weight is 646 g/mol. The van der Waals surface area contributed by atoms with Crippen LogP contribution in [0, 0.1) is 11.8 Å². The number of amides is 2. The Morgan fingerprint density at radius 2 is 1.27 bits per heavy atom. The van der Waals surface area contributed by atoms with Gasteiger partial charge in [0, 0.05) is 51.1 Å². The lowest BCUT2D eigenvalue weighted by atomic mass is 9.83. The van der Waals surface area contributed by atoms with Gasteiger partial charge in [0.15, 0.2) is 0 Å². The summed E-state index contributed by atoms with van der Waals surface area (Å²) in [7, 11) is 0. The van der Waals surface area contributed by atoms with Crippen molar-refractivity contribution in [1.29, 1.82) is 0 Å². The molecule has 1 N–H and O–H groups in total. The molecule has 7 heteroatoms. The minimum atomic E-state index is -0.244. The van der Waals surface area contributed by atoms with Gasteiger partial charge in [-0.2, -0.15) is 0 Å². The van der Waals surface area contributed by atoms with Crippen molar-refractivity contribution in [2.75, 3.05) is 39.3 Å². The topological polar surface area (TPSA) is 61.9 Å². The molecule has 0 aromatic heterocycles. The minimum absolute atomic E-state index is 0. The number of ether oxygens (including phenoxy) is 1. The first-order chi connectivity index (χ1) is 21.7. The van der Waals surface area contributed by atoms with E-state index < -0.39 is 0 Å². The van der Waals surface area contributed by atoms with E-state index in [2.05, 4.69) is 53.6 Å². The average Bonchev–Trinajstić information content (AvgIpc) is 3.06. The molecule has 0 bridgehead atoms. The first-order valence-corrected chi connectivity index (χ1v) is 18.3. The van der Waals surface area contributed by atoms with Crippen molar-refractivity contribution in [2.45, 2.75) is 129 Å². The van der Waals surface area contributed by atoms with E-state index in [0.29, 0.717) is 19.7 Å². The zero-order valence-corrected chi connectivity index (χ0v) is 29.2. The molecular formula is C38H64ClN3O3. The van der Waals surface area contributed by atoms with Gasteiger partial charge < -0.3 is 15.0 Å². The Bertz CT molecular complexity index is 920. The Morgan fingerprint density at radius 1 is 0.733 bits per heavy atom. The number of carbonyl (C=O) groups is 2. The van der Waals surface area contributed by atoms with Crippen LogP contribution >= 0.6 is 12.4 Å². The van der Waals surface area contributed by atoms with Crippen molar-refractivity contribution < 1.29 is 14.3 Å². The molecule has 3 rings (SSSR count). The molecule has 1 fully saturated rings. The molecular weight excluding hydrogens is 582 g/mol. The molecule has 45 heavy (non-hydrogen) atoms. The van der Waals surface area contributed by atoms with Gasteiger partial charge in [0.1, 0.15) is 0 Å². The fraction of sp³-hybridized carbons (Fsp3) is 0.737. The number of nitrogens with zero attached hydrogens (tertiary/aromatic N) is 2. The summed E-state index contributed by atoms with van der Waals surface area (Å²) in [5.74, 6) is 0.0524. The molecule has 1 aliphatic carbocycles. The number of nitrogens with one attached hydrogen (secondary N) is 1. The highest BCUT2D eigenvalue weighted by Crippen LogP contribution is 2.26. The van der Waals surface area contributed by atoms with Gasteiger partial charge in [-0.3, -0.25) is 9.69 Å². The Labute approximate surface area is 281 Å². The van der Waals surface area contributed by atoms with Crippen LogP contribution in [0.4, 0.5) is 4.79 Å². The second kappa shape index (κ2) is 25.1. The lowest BCUT2D eigenvalue weighted by Crippen LogP contribution is -2.48. The van der Waals surface area contributed by atoms with Crippen molar-refractivity contribution in [1.82, 2.24) is 15.1 Å². The summed E-state index contributed by atoms with van der Waals surface area (Å²) in [6.07, 6.45) is 27.1. The van der Waals surface area contributed by atoms with Gasteiger partial charge in [-0.05, 0) is 24.8 Å². The zero-order chi connectivity index (χ0) is 31.1. The number of carbonyl (C=O) groups excluding carboxylic acids is 2. The van der Waals surface area contributed by atoms with Gasteiger partial charge in [0.05, 0.1) is 6.61 Å². The highest BCUT2D eigenvalue weighted by Gasteiger charge is 2.31. The van der Waals surface area contributed by atoms with E-state index in [1.54, 1.807) is 0 Å². The third kappa shape index (κ3) is 16.9. The lowest BCUT2D eigenvalue weighted by Gasteiger charge is -2.34. The number of unbranched alkanes of at least 4 members (excludes halogenated alkanes) is 15. The quantitative estimate of drug-likeness (QED) is 0.101. The van der Waals surface area contributed by atoms with E-state index in [4.69, 9.17) is 4.74 Å². The first-order valence-electron chi connectivity index (χ1n) is 18.3. The summed E-state index contributed by atoms with van der Waals surface area (Å²) in [6.45, 7) is 7.31. The maximum atomic E-state index is 13.0. The van der Waals surface area contributed by atoms with Gasteiger partial charge in [0.25, 0.3) is 0 Å². The fourth-order valence-corrected chi connectivity index (χ4v) is 6.59. The van der Waals surface area contributed by atoms with Crippen molar-refractivity contribution in [3.8, 4) is 0 Å². The van der Waals surface area contributed by atoms with Crippen LogP contribution in [0.15, 0.2) is 42.5 Å². The van der Waals surface area contributed by atoms with Crippen LogP contribution < -0.4 is 5.32 Å². The largest absolute Gasteiger partial charge is 0.449 e. The van der Waals surface area contributed by atoms with Gasteiger partial charge in [-0.1, -0.05) is 146 Å². The van der Waals surface area contributed by atoms with Crippen LogP contribution in [0.5, 0.6) is 0 Å². The second-order valence-corrected chi connectivity index (χ2v) is 13.2. The van der Waals surface area contributed by atoms with Gasteiger partial charge in [0.2, 0.25) is 5.91 Å². The van der Waals surface area contributed by atoms with Crippen LogP contribution in [-0.4, -0.2) is 61.1 Å². The number of hydrogen-bond donors (Lipinski definition) is 1. The molecule has 1 heterocycles. The molecule has 0 spiro atoms. The summed E-state index contributed by atoms with van der Waals surface area (Å²) < 4.78 is 5.75. The molecule has 1 aliphatic heterocycles. The highest BCUT2D eigenvalue weighted by atomic mass is 35.5. The normalized spacial score (nSPS) is 18.4. The van der Waals surface area contributed by atoms with E-state index in [1.807, 2.05) is 11.0 Å². The summed E-state index contributed by atoms with van der Waals surface area (Å²) in [4.78, 5) is 30.0. The third-order valence-electron chi connectivity index (χ3n) is 9.53. The minimum Gasteiger partial charge on any atom is -0.449 e. The number of rotatable bonds is 22. The molecule has 0 radical (unpaired) electrons. The summed E-state index contributed by atoms with van der Waals surface area (Å²) in [5.41, 5.74) is 1.30. The summed E-state index contributed by atoms with van der Waals surface area (Å²) >= 11 is 0. The maximum Gasteiger partial charge on any atom is 0.409 e. The SMILES string of the molecule is CCCCCCCCCCCCCCCCCCNC(=O)C1CC=CCC1COC(=O)N1CCN(Cc2ccccc2)CC1.Cl. The lowest BCUT2D eigenvalue weighted by molar-refractivity contribution is -0.127. The van der Waals surface area contributed by atoms with E-state index >= 15 is 0 Å². The Morgan fingerprint density at radius 3 is 1.84 bits per heavy atom. The molecule has 2 atom stereocenters. The molecule has 1 aromatic rings. The standard InChI is InChI=1S/C38H63N3O3.ClH/c1-2-3-4-5-6-7-8-9-10-11-12-13-14-15-16-22-27-39-37(42)36-26-21-20-25-35(36)33-44-38(43)41-30-28-40(29-31-41)32-34-23-18-17-19-24-34;/h17-21,23-24,35-36H,2-16,22,25-33H2,1H3,(H,39,42);1H. The van der Waals surface area contributed by atoms with Crippen LogP contribution in [0.1, 0.15) is 128 Å². The van der Waals surface area contributed by atoms with Crippen molar-refractivity contribution in [3.63, 3.8) is 0 Å². The van der Waals surface area contributed by atoms with Crippen LogP contribution in [0.25, 0.3) is 0 Å². The number of halogens is 1. The zero-order valence-electron chi connectivity index (χ0n) is 28.4. The highest BCUT2D eigenvalue weighted by molar-refractivity contribution is 5.85. The Balaban J connectivity index is 0.00000705. The van der Waals surface area contributed by atoms with E-state index in [-0.39, 0.29) is 36.2 Å². The van der Waals surface area contributed by atoms with Crippen LogP contribution in [0.2, 0.25) is 0 Å². The van der Waals surface area contributed by atoms with Crippen LogP contribution in [0.3, 0.4) is 0 Å². The molecule has 6 nitrogen and oxygen atoms in total. The fourth-order valence-electron chi connectivity index (χ4n) is 6.59.